The number of nitrogens with zero attached hydrogens (tertiary/aromatic N) is 3. The van der Waals surface area contributed by atoms with Crippen LogP contribution in [0, 0.1) is 17.0 Å². The highest BCUT2D eigenvalue weighted by Crippen LogP contribution is 2.20. The van der Waals surface area contributed by atoms with Gasteiger partial charge in [-0.15, -0.1) is 0 Å². The molecule has 0 radical (unpaired) electrons. The van der Waals surface area contributed by atoms with Crippen molar-refractivity contribution in [3.8, 4) is 17.1 Å². The molecular formula is C18H16N4O5. The number of aromatic nitrogens is 2. The first kappa shape index (κ1) is 18.1. The molecule has 3 rings (SSSR count). The number of carbonyl (C=O) groups is 1. The maximum absolute atomic E-state index is 12.2. The Kier molecular flexibility index (Phi) is 5.11. The number of hydrogen-bond acceptors (Lipinski definition) is 7. The van der Waals surface area contributed by atoms with Crippen LogP contribution in [-0.2, 0) is 6.54 Å². The molecule has 1 amide bonds. The van der Waals surface area contributed by atoms with Crippen LogP contribution in [0.25, 0.3) is 11.4 Å². The Morgan fingerprint density at radius 2 is 2.00 bits per heavy atom. The third kappa shape index (κ3) is 4.09. The molecule has 0 spiro atoms. The van der Waals surface area contributed by atoms with Crippen molar-refractivity contribution in [2.24, 2.45) is 0 Å². The van der Waals surface area contributed by atoms with E-state index < -0.39 is 10.8 Å². The van der Waals surface area contributed by atoms with Gasteiger partial charge >= 0.3 is 0 Å². The average Bonchev–Trinajstić information content (AvgIpc) is 3.14. The van der Waals surface area contributed by atoms with E-state index in [1.807, 2.05) is 0 Å². The lowest BCUT2D eigenvalue weighted by Crippen LogP contribution is -2.23. The molecule has 1 N–H and O–H groups in total. The predicted molar refractivity (Wildman–Crippen MR) is 95.3 cm³/mol. The summed E-state index contributed by atoms with van der Waals surface area (Å²) in [5, 5.41) is 17.4. The summed E-state index contributed by atoms with van der Waals surface area (Å²) < 4.78 is 10.2. The van der Waals surface area contributed by atoms with E-state index in [1.54, 1.807) is 38.3 Å². The molecular weight excluding hydrogens is 352 g/mol. The summed E-state index contributed by atoms with van der Waals surface area (Å²) in [5.41, 5.74) is 1.44. The number of carbonyl (C=O) groups excluding carboxylic acids is 1. The largest absolute Gasteiger partial charge is 0.497 e. The molecule has 0 aliphatic rings. The van der Waals surface area contributed by atoms with Gasteiger partial charge in [-0.3, -0.25) is 14.9 Å². The van der Waals surface area contributed by atoms with Gasteiger partial charge in [-0.05, 0) is 43.3 Å². The quantitative estimate of drug-likeness (QED) is 0.524. The minimum Gasteiger partial charge on any atom is -0.497 e. The molecule has 138 valence electrons. The average molecular weight is 368 g/mol. The maximum Gasteiger partial charge on any atom is 0.272 e. The fourth-order valence-corrected chi connectivity index (χ4v) is 2.44. The third-order valence-corrected chi connectivity index (χ3v) is 3.87. The topological polar surface area (TPSA) is 120 Å². The number of ether oxygens (including phenoxy) is 1. The lowest BCUT2D eigenvalue weighted by molar-refractivity contribution is -0.385. The first-order valence-corrected chi connectivity index (χ1v) is 7.98. The van der Waals surface area contributed by atoms with Crippen molar-refractivity contribution in [3.63, 3.8) is 0 Å². The Labute approximate surface area is 154 Å². The summed E-state index contributed by atoms with van der Waals surface area (Å²) in [6.45, 7) is 1.62. The lowest BCUT2D eigenvalue weighted by Gasteiger charge is -2.04. The van der Waals surface area contributed by atoms with Gasteiger partial charge in [0.15, 0.2) is 0 Å². The number of nitro benzene ring substituents is 1. The van der Waals surface area contributed by atoms with E-state index in [0.29, 0.717) is 22.7 Å². The van der Waals surface area contributed by atoms with Crippen LogP contribution in [0.2, 0.25) is 0 Å². The third-order valence-electron chi connectivity index (χ3n) is 3.87. The second-order valence-electron chi connectivity index (χ2n) is 5.68. The van der Waals surface area contributed by atoms with E-state index in [1.165, 1.54) is 18.2 Å². The van der Waals surface area contributed by atoms with Gasteiger partial charge in [-0.25, -0.2) is 0 Å². The highest BCUT2D eigenvalue weighted by Gasteiger charge is 2.15. The predicted octanol–water partition coefficient (Wildman–Crippen LogP) is 2.89. The van der Waals surface area contributed by atoms with Gasteiger partial charge in [-0.1, -0.05) is 5.16 Å². The van der Waals surface area contributed by atoms with E-state index in [-0.39, 0.29) is 18.1 Å². The number of benzene rings is 2. The number of nitrogens with one attached hydrogen (secondary N) is 1. The van der Waals surface area contributed by atoms with Gasteiger partial charge < -0.3 is 14.6 Å². The first-order chi connectivity index (χ1) is 13.0. The molecule has 1 heterocycles. The summed E-state index contributed by atoms with van der Waals surface area (Å²) in [4.78, 5) is 26.8. The zero-order valence-electron chi connectivity index (χ0n) is 14.6. The van der Waals surface area contributed by atoms with Crippen LogP contribution < -0.4 is 10.1 Å². The first-order valence-electron chi connectivity index (χ1n) is 7.98. The van der Waals surface area contributed by atoms with Gasteiger partial charge in [0.2, 0.25) is 11.7 Å². The second kappa shape index (κ2) is 7.65. The highest BCUT2D eigenvalue weighted by molar-refractivity contribution is 5.94. The zero-order chi connectivity index (χ0) is 19.4. The standard InChI is InChI=1S/C18H16N4O5/c1-11-9-13(5-8-15(11)22(24)25)18(23)19-10-16-20-17(21-27-16)12-3-6-14(26-2)7-4-12/h3-9H,10H2,1-2H3,(H,19,23). The summed E-state index contributed by atoms with van der Waals surface area (Å²) in [5.74, 6) is 0.964. The van der Waals surface area contributed by atoms with E-state index in [2.05, 4.69) is 15.5 Å². The van der Waals surface area contributed by atoms with Crippen molar-refractivity contribution in [3.05, 3.63) is 69.6 Å². The smallest absolute Gasteiger partial charge is 0.272 e. The van der Waals surface area contributed by atoms with Gasteiger partial charge in [-0.2, -0.15) is 4.98 Å². The molecule has 9 heteroatoms. The summed E-state index contributed by atoms with van der Waals surface area (Å²) in [7, 11) is 1.58. The van der Waals surface area contributed by atoms with Crippen molar-refractivity contribution >= 4 is 11.6 Å². The normalized spacial score (nSPS) is 10.4. The molecule has 0 saturated heterocycles. The van der Waals surface area contributed by atoms with Crippen LogP contribution in [0.4, 0.5) is 5.69 Å². The van der Waals surface area contributed by atoms with E-state index in [9.17, 15) is 14.9 Å². The summed E-state index contributed by atoms with van der Waals surface area (Å²) in [6, 6.07) is 11.3. The van der Waals surface area contributed by atoms with Crippen molar-refractivity contribution < 1.29 is 19.0 Å². The lowest BCUT2D eigenvalue weighted by atomic mass is 10.1. The monoisotopic (exact) mass is 368 g/mol. The molecule has 3 aromatic rings. The molecule has 0 atom stereocenters. The number of hydrogen-bond donors (Lipinski definition) is 1. The molecule has 0 aliphatic heterocycles. The Bertz CT molecular complexity index is 982. The molecule has 0 fully saturated rings. The van der Waals surface area contributed by atoms with Crippen molar-refractivity contribution in [1.29, 1.82) is 0 Å². The molecule has 0 unspecified atom stereocenters. The summed E-state index contributed by atoms with van der Waals surface area (Å²) >= 11 is 0. The zero-order valence-corrected chi connectivity index (χ0v) is 14.6. The Morgan fingerprint density at radius 3 is 2.63 bits per heavy atom. The van der Waals surface area contributed by atoms with Gasteiger partial charge in [0.05, 0.1) is 18.6 Å². The minimum absolute atomic E-state index is 0.0346. The van der Waals surface area contributed by atoms with Crippen LogP contribution >= 0.6 is 0 Å². The van der Waals surface area contributed by atoms with Crippen molar-refractivity contribution in [2.45, 2.75) is 13.5 Å². The fourth-order valence-electron chi connectivity index (χ4n) is 2.44. The molecule has 9 nitrogen and oxygen atoms in total. The minimum atomic E-state index is -0.490. The maximum atomic E-state index is 12.2. The molecule has 27 heavy (non-hydrogen) atoms. The van der Waals surface area contributed by atoms with E-state index in [0.717, 1.165) is 5.56 Å². The number of amides is 1. The van der Waals surface area contributed by atoms with Crippen LogP contribution in [0.15, 0.2) is 47.0 Å². The number of methoxy groups -OCH3 is 1. The molecule has 1 aromatic heterocycles. The second-order valence-corrected chi connectivity index (χ2v) is 5.68. The highest BCUT2D eigenvalue weighted by atomic mass is 16.6. The SMILES string of the molecule is COc1ccc(-c2noc(CNC(=O)c3ccc([N+](=O)[O-])c(C)c3)n2)cc1. The summed E-state index contributed by atoms with van der Waals surface area (Å²) in [6.07, 6.45) is 0. The number of rotatable bonds is 6. The van der Waals surface area contributed by atoms with Crippen LogP contribution in [0.5, 0.6) is 5.75 Å². The van der Waals surface area contributed by atoms with Crippen LogP contribution in [-0.4, -0.2) is 28.1 Å². The van der Waals surface area contributed by atoms with Gasteiger partial charge in [0, 0.05) is 22.8 Å². The van der Waals surface area contributed by atoms with Crippen LogP contribution in [0.3, 0.4) is 0 Å². The molecule has 0 aliphatic carbocycles. The van der Waals surface area contributed by atoms with Crippen molar-refractivity contribution in [2.75, 3.05) is 7.11 Å². The van der Waals surface area contributed by atoms with Crippen LogP contribution in [0.1, 0.15) is 21.8 Å². The van der Waals surface area contributed by atoms with Gasteiger partial charge in [0.1, 0.15) is 5.75 Å². The Morgan fingerprint density at radius 1 is 1.26 bits per heavy atom. The Hall–Kier alpha value is -3.75. The molecule has 0 bridgehead atoms. The Balaban J connectivity index is 1.65. The van der Waals surface area contributed by atoms with E-state index in [4.69, 9.17) is 9.26 Å². The van der Waals surface area contributed by atoms with E-state index >= 15 is 0 Å². The molecule has 0 saturated carbocycles. The number of nitro groups is 1. The fraction of sp³-hybridized carbons (Fsp3) is 0.167. The van der Waals surface area contributed by atoms with Gasteiger partial charge in [0.25, 0.3) is 11.6 Å². The van der Waals surface area contributed by atoms with Crippen molar-refractivity contribution in [1.82, 2.24) is 15.5 Å². The number of aryl methyl sites for hydroxylation is 1. The molecule has 2 aromatic carbocycles.